The van der Waals surface area contributed by atoms with Crippen LogP contribution in [0.4, 0.5) is 8.78 Å². The van der Waals surface area contributed by atoms with E-state index in [0.29, 0.717) is 24.5 Å². The molecule has 0 radical (unpaired) electrons. The first-order valence-electron chi connectivity index (χ1n) is 8.56. The highest BCUT2D eigenvalue weighted by Gasteiger charge is 2.20. The van der Waals surface area contributed by atoms with Crippen molar-refractivity contribution in [2.24, 2.45) is 0 Å². The quantitative estimate of drug-likeness (QED) is 0.720. The molecule has 27 heavy (non-hydrogen) atoms. The number of rotatable bonds is 5. The summed E-state index contributed by atoms with van der Waals surface area (Å²) in [7, 11) is 0. The highest BCUT2D eigenvalue weighted by molar-refractivity contribution is 5.91. The molecule has 0 aliphatic carbocycles. The average molecular weight is 373 g/mol. The van der Waals surface area contributed by atoms with Crippen LogP contribution in [0, 0.1) is 11.6 Å². The molecular formula is C18H17F2N5O2. The molecule has 7 nitrogen and oxygen atoms in total. The molecule has 1 aromatic carbocycles. The van der Waals surface area contributed by atoms with Gasteiger partial charge in [0, 0.05) is 19.3 Å². The number of aromatic amines is 1. The zero-order valence-electron chi connectivity index (χ0n) is 14.3. The van der Waals surface area contributed by atoms with Crippen molar-refractivity contribution < 1.29 is 18.3 Å². The summed E-state index contributed by atoms with van der Waals surface area (Å²) in [6.07, 6.45) is 6.29. The molecule has 1 saturated heterocycles. The predicted octanol–water partition coefficient (Wildman–Crippen LogP) is 2.45. The molecule has 1 aliphatic rings. The van der Waals surface area contributed by atoms with E-state index >= 15 is 0 Å². The Balaban J connectivity index is 1.55. The third-order valence-corrected chi connectivity index (χ3v) is 4.40. The Morgan fingerprint density at radius 1 is 1.41 bits per heavy atom. The summed E-state index contributed by atoms with van der Waals surface area (Å²) in [5.41, 5.74) is 0.822. The lowest BCUT2D eigenvalue weighted by atomic mass is 10.2. The van der Waals surface area contributed by atoms with Gasteiger partial charge in [-0.15, -0.1) is 0 Å². The third kappa shape index (κ3) is 3.45. The number of hydrogen-bond acceptors (Lipinski definition) is 4. The zero-order chi connectivity index (χ0) is 18.8. The van der Waals surface area contributed by atoms with E-state index in [1.54, 1.807) is 0 Å². The van der Waals surface area contributed by atoms with Gasteiger partial charge >= 0.3 is 0 Å². The molecular weight excluding hydrogens is 356 g/mol. The van der Waals surface area contributed by atoms with Gasteiger partial charge in [0.15, 0.2) is 17.5 Å². The third-order valence-electron chi connectivity index (χ3n) is 4.40. The van der Waals surface area contributed by atoms with E-state index in [2.05, 4.69) is 20.3 Å². The van der Waals surface area contributed by atoms with Gasteiger partial charge in [-0.25, -0.2) is 18.7 Å². The molecule has 0 saturated carbocycles. The van der Waals surface area contributed by atoms with Crippen LogP contribution in [-0.2, 0) is 4.74 Å². The molecule has 1 aliphatic heterocycles. The van der Waals surface area contributed by atoms with E-state index in [4.69, 9.17) is 4.74 Å². The number of carbonyl (C=O) groups excluding carboxylic acids is 1. The molecule has 1 fully saturated rings. The summed E-state index contributed by atoms with van der Waals surface area (Å²) < 4.78 is 34.5. The van der Waals surface area contributed by atoms with E-state index in [1.807, 2.05) is 0 Å². The molecule has 3 aromatic rings. The summed E-state index contributed by atoms with van der Waals surface area (Å²) in [6.45, 7) is 1.13. The second-order valence-corrected chi connectivity index (χ2v) is 6.20. The SMILES string of the molecule is O=C(NC[C@@H]1CCCO1)c1nc(-c2cncn2-c2cccc(F)c2F)c[nH]1. The summed E-state index contributed by atoms with van der Waals surface area (Å²) in [6, 6.07) is 3.89. The molecule has 4 rings (SSSR count). The van der Waals surface area contributed by atoms with E-state index in [0.717, 1.165) is 18.9 Å². The molecule has 3 heterocycles. The molecule has 140 valence electrons. The maximum atomic E-state index is 14.1. The number of benzene rings is 1. The fourth-order valence-corrected chi connectivity index (χ4v) is 3.02. The van der Waals surface area contributed by atoms with Crippen LogP contribution < -0.4 is 5.32 Å². The zero-order valence-corrected chi connectivity index (χ0v) is 14.3. The van der Waals surface area contributed by atoms with Gasteiger partial charge in [0.1, 0.15) is 5.69 Å². The van der Waals surface area contributed by atoms with Crippen LogP contribution in [-0.4, -0.2) is 44.7 Å². The van der Waals surface area contributed by atoms with Crippen molar-refractivity contribution in [1.82, 2.24) is 24.8 Å². The van der Waals surface area contributed by atoms with Crippen molar-refractivity contribution >= 4 is 5.91 Å². The molecule has 1 amide bonds. The van der Waals surface area contributed by atoms with Crippen LogP contribution >= 0.6 is 0 Å². The Morgan fingerprint density at radius 3 is 3.11 bits per heavy atom. The lowest BCUT2D eigenvalue weighted by Gasteiger charge is -2.09. The van der Waals surface area contributed by atoms with Crippen molar-refractivity contribution in [2.75, 3.05) is 13.2 Å². The second-order valence-electron chi connectivity index (χ2n) is 6.20. The number of H-pyrrole nitrogens is 1. The van der Waals surface area contributed by atoms with Gasteiger partial charge in [-0.2, -0.15) is 0 Å². The fraction of sp³-hybridized carbons (Fsp3) is 0.278. The Bertz CT molecular complexity index is 962. The second kappa shape index (κ2) is 7.28. The maximum absolute atomic E-state index is 14.1. The first kappa shape index (κ1) is 17.3. The maximum Gasteiger partial charge on any atom is 0.287 e. The van der Waals surface area contributed by atoms with Gasteiger partial charge in [0.05, 0.1) is 30.0 Å². The van der Waals surface area contributed by atoms with Crippen molar-refractivity contribution in [3.63, 3.8) is 0 Å². The Morgan fingerprint density at radius 2 is 2.30 bits per heavy atom. The van der Waals surface area contributed by atoms with Crippen LogP contribution in [0.1, 0.15) is 23.5 Å². The number of carbonyl (C=O) groups is 1. The number of imidazole rings is 2. The summed E-state index contributed by atoms with van der Waals surface area (Å²) in [5.74, 6) is -2.18. The molecule has 0 bridgehead atoms. The van der Waals surface area contributed by atoms with Gasteiger partial charge in [-0.3, -0.25) is 9.36 Å². The van der Waals surface area contributed by atoms with Crippen LogP contribution in [0.3, 0.4) is 0 Å². The first-order chi connectivity index (χ1) is 13.1. The molecule has 2 aromatic heterocycles. The van der Waals surface area contributed by atoms with Crippen LogP contribution in [0.2, 0.25) is 0 Å². The number of halogens is 2. The number of aromatic nitrogens is 4. The largest absolute Gasteiger partial charge is 0.376 e. The van der Waals surface area contributed by atoms with E-state index in [1.165, 1.54) is 35.4 Å². The predicted molar refractivity (Wildman–Crippen MR) is 92.4 cm³/mol. The van der Waals surface area contributed by atoms with Crippen LogP contribution in [0.25, 0.3) is 17.1 Å². The average Bonchev–Trinajstić information content (AvgIpc) is 3.42. The molecule has 0 unspecified atom stereocenters. The van der Waals surface area contributed by atoms with Crippen molar-refractivity contribution in [3.05, 3.63) is 54.4 Å². The van der Waals surface area contributed by atoms with E-state index in [9.17, 15) is 13.6 Å². The molecule has 9 heteroatoms. The summed E-state index contributed by atoms with van der Waals surface area (Å²) >= 11 is 0. The van der Waals surface area contributed by atoms with Crippen LogP contribution in [0.5, 0.6) is 0 Å². The smallest absolute Gasteiger partial charge is 0.287 e. The molecule has 1 atom stereocenters. The molecule has 2 N–H and O–H groups in total. The topological polar surface area (TPSA) is 84.8 Å². The highest BCUT2D eigenvalue weighted by atomic mass is 19.2. The fourth-order valence-electron chi connectivity index (χ4n) is 3.02. The number of nitrogens with one attached hydrogen (secondary N) is 2. The van der Waals surface area contributed by atoms with Crippen LogP contribution in [0.15, 0.2) is 36.9 Å². The summed E-state index contributed by atoms with van der Waals surface area (Å²) in [5, 5.41) is 2.77. The van der Waals surface area contributed by atoms with Gasteiger partial charge in [0.2, 0.25) is 0 Å². The number of hydrogen-bond donors (Lipinski definition) is 2. The van der Waals surface area contributed by atoms with Gasteiger partial charge in [-0.1, -0.05) is 6.07 Å². The Hall–Kier alpha value is -3.07. The lowest BCUT2D eigenvalue weighted by molar-refractivity contribution is 0.0850. The number of nitrogens with zero attached hydrogens (tertiary/aromatic N) is 3. The van der Waals surface area contributed by atoms with Gasteiger partial charge in [0.25, 0.3) is 5.91 Å². The Kier molecular flexibility index (Phi) is 4.68. The standard InChI is InChI=1S/C18H17F2N5O2/c19-12-4-1-5-14(16(12)20)25-10-21-9-15(25)13-8-22-17(24-13)18(26)23-7-11-3-2-6-27-11/h1,4-5,8-11H,2-3,6-7H2,(H,22,24)(H,23,26)/t11-/m0/s1. The number of amides is 1. The minimum atomic E-state index is -0.984. The first-order valence-corrected chi connectivity index (χ1v) is 8.56. The van der Waals surface area contributed by atoms with Crippen molar-refractivity contribution in [1.29, 1.82) is 0 Å². The normalized spacial score (nSPS) is 16.6. The minimum absolute atomic E-state index is 0.00915. The van der Waals surface area contributed by atoms with Crippen molar-refractivity contribution in [3.8, 4) is 17.1 Å². The minimum Gasteiger partial charge on any atom is -0.376 e. The van der Waals surface area contributed by atoms with E-state index in [-0.39, 0.29) is 23.5 Å². The summed E-state index contributed by atoms with van der Waals surface area (Å²) in [4.78, 5) is 23.3. The van der Waals surface area contributed by atoms with Crippen molar-refractivity contribution in [2.45, 2.75) is 18.9 Å². The number of ether oxygens (including phenoxy) is 1. The van der Waals surface area contributed by atoms with Gasteiger partial charge < -0.3 is 15.0 Å². The van der Waals surface area contributed by atoms with E-state index < -0.39 is 11.6 Å². The lowest BCUT2D eigenvalue weighted by Crippen LogP contribution is -2.32. The Labute approximate surface area is 153 Å². The monoisotopic (exact) mass is 373 g/mol. The molecule has 0 spiro atoms. The van der Waals surface area contributed by atoms with Gasteiger partial charge in [-0.05, 0) is 25.0 Å². The highest BCUT2D eigenvalue weighted by Crippen LogP contribution is 2.24.